The molecular weight excluding hydrogens is 228 g/mol. The number of benzene rings is 1. The van der Waals surface area contributed by atoms with Gasteiger partial charge in [-0.2, -0.15) is 0 Å². The number of nitrogens with one attached hydrogen (secondary N) is 1. The van der Waals surface area contributed by atoms with Crippen LogP contribution in [0.25, 0.3) is 0 Å². The van der Waals surface area contributed by atoms with Crippen molar-refractivity contribution in [2.75, 3.05) is 13.7 Å². The van der Waals surface area contributed by atoms with Gasteiger partial charge < -0.3 is 15.8 Å². The van der Waals surface area contributed by atoms with Gasteiger partial charge in [0.1, 0.15) is 5.75 Å². The van der Waals surface area contributed by atoms with Gasteiger partial charge in [0.2, 0.25) is 5.91 Å². The van der Waals surface area contributed by atoms with E-state index in [9.17, 15) is 4.79 Å². The minimum Gasteiger partial charge on any atom is -0.497 e. The van der Waals surface area contributed by atoms with Crippen LogP contribution in [0.3, 0.4) is 0 Å². The molecule has 0 unspecified atom stereocenters. The summed E-state index contributed by atoms with van der Waals surface area (Å²) in [6, 6.07) is 7.66. The van der Waals surface area contributed by atoms with Crippen LogP contribution < -0.4 is 15.8 Å². The highest BCUT2D eigenvalue weighted by molar-refractivity contribution is 5.81. The molecule has 0 saturated heterocycles. The summed E-state index contributed by atoms with van der Waals surface area (Å²) in [4.78, 5) is 12.0. The van der Waals surface area contributed by atoms with Gasteiger partial charge >= 0.3 is 0 Å². The third-order valence-corrected chi connectivity index (χ3v) is 2.97. The SMILES string of the molecule is COc1cccc(CNC(=O)C(C)(C)CCN)c1. The molecule has 3 N–H and O–H groups in total. The maximum absolute atomic E-state index is 12.0. The van der Waals surface area contributed by atoms with Gasteiger partial charge in [0.25, 0.3) is 0 Å². The molecule has 4 heteroatoms. The fraction of sp³-hybridized carbons (Fsp3) is 0.500. The molecule has 0 saturated carbocycles. The highest BCUT2D eigenvalue weighted by Crippen LogP contribution is 2.20. The van der Waals surface area contributed by atoms with Crippen LogP contribution in [0.2, 0.25) is 0 Å². The van der Waals surface area contributed by atoms with E-state index in [0.717, 1.165) is 11.3 Å². The fourth-order valence-corrected chi connectivity index (χ4v) is 1.68. The summed E-state index contributed by atoms with van der Waals surface area (Å²) >= 11 is 0. The van der Waals surface area contributed by atoms with Gasteiger partial charge in [-0.1, -0.05) is 26.0 Å². The second-order valence-corrected chi connectivity index (χ2v) is 4.96. The number of carbonyl (C=O) groups excluding carboxylic acids is 1. The molecule has 4 nitrogen and oxygen atoms in total. The van der Waals surface area contributed by atoms with Crippen molar-refractivity contribution in [2.24, 2.45) is 11.1 Å². The molecule has 18 heavy (non-hydrogen) atoms. The first-order valence-corrected chi connectivity index (χ1v) is 6.11. The summed E-state index contributed by atoms with van der Waals surface area (Å²) in [7, 11) is 1.63. The van der Waals surface area contributed by atoms with E-state index < -0.39 is 5.41 Å². The summed E-state index contributed by atoms with van der Waals surface area (Å²) in [6.07, 6.45) is 0.678. The van der Waals surface area contributed by atoms with Gasteiger partial charge in [-0.25, -0.2) is 0 Å². The summed E-state index contributed by atoms with van der Waals surface area (Å²) in [5.74, 6) is 0.818. The monoisotopic (exact) mass is 250 g/mol. The number of methoxy groups -OCH3 is 1. The Morgan fingerprint density at radius 3 is 2.78 bits per heavy atom. The van der Waals surface area contributed by atoms with Crippen LogP contribution in [0.1, 0.15) is 25.8 Å². The van der Waals surface area contributed by atoms with Crippen molar-refractivity contribution in [1.82, 2.24) is 5.32 Å². The Bertz CT molecular complexity index is 403. The predicted octanol–water partition coefficient (Wildman–Crippen LogP) is 1.69. The molecule has 0 fully saturated rings. The lowest BCUT2D eigenvalue weighted by molar-refractivity contribution is -0.129. The summed E-state index contributed by atoms with van der Waals surface area (Å²) < 4.78 is 5.14. The van der Waals surface area contributed by atoms with Crippen molar-refractivity contribution in [3.63, 3.8) is 0 Å². The molecule has 1 aromatic carbocycles. The molecular formula is C14H22N2O2. The smallest absolute Gasteiger partial charge is 0.225 e. The van der Waals surface area contributed by atoms with E-state index in [1.54, 1.807) is 7.11 Å². The van der Waals surface area contributed by atoms with Crippen molar-refractivity contribution in [3.8, 4) is 5.75 Å². The Balaban J connectivity index is 2.56. The third-order valence-electron chi connectivity index (χ3n) is 2.97. The summed E-state index contributed by atoms with van der Waals surface area (Å²) in [6.45, 7) is 4.82. The summed E-state index contributed by atoms with van der Waals surface area (Å²) in [5, 5.41) is 2.93. The lowest BCUT2D eigenvalue weighted by Gasteiger charge is -2.22. The number of hydrogen-bond acceptors (Lipinski definition) is 3. The second kappa shape index (κ2) is 6.40. The molecule has 1 rings (SSSR count). The largest absolute Gasteiger partial charge is 0.497 e. The molecule has 0 aromatic heterocycles. The fourth-order valence-electron chi connectivity index (χ4n) is 1.68. The first-order chi connectivity index (χ1) is 8.49. The Morgan fingerprint density at radius 1 is 1.44 bits per heavy atom. The first-order valence-electron chi connectivity index (χ1n) is 6.11. The number of carbonyl (C=O) groups is 1. The molecule has 1 aromatic rings. The van der Waals surface area contributed by atoms with Crippen LogP contribution in [-0.2, 0) is 11.3 Å². The van der Waals surface area contributed by atoms with E-state index in [1.165, 1.54) is 0 Å². The van der Waals surface area contributed by atoms with E-state index in [4.69, 9.17) is 10.5 Å². The van der Waals surface area contributed by atoms with Crippen LogP contribution in [0.4, 0.5) is 0 Å². The maximum Gasteiger partial charge on any atom is 0.225 e. The number of amides is 1. The van der Waals surface area contributed by atoms with Gasteiger partial charge in [-0.3, -0.25) is 4.79 Å². The quantitative estimate of drug-likeness (QED) is 0.807. The topological polar surface area (TPSA) is 64.3 Å². The summed E-state index contributed by atoms with van der Waals surface area (Å²) in [5.41, 5.74) is 6.10. The van der Waals surface area contributed by atoms with Crippen LogP contribution >= 0.6 is 0 Å². The van der Waals surface area contributed by atoms with Crippen molar-refractivity contribution in [3.05, 3.63) is 29.8 Å². The second-order valence-electron chi connectivity index (χ2n) is 4.96. The molecule has 0 aliphatic heterocycles. The molecule has 0 spiro atoms. The Kier molecular flexibility index (Phi) is 5.16. The van der Waals surface area contributed by atoms with E-state index in [1.807, 2.05) is 38.1 Å². The van der Waals surface area contributed by atoms with Crippen LogP contribution in [0.15, 0.2) is 24.3 Å². The van der Waals surface area contributed by atoms with Crippen LogP contribution in [-0.4, -0.2) is 19.6 Å². The van der Waals surface area contributed by atoms with Gasteiger partial charge in [0.15, 0.2) is 0 Å². The van der Waals surface area contributed by atoms with Gasteiger partial charge in [0, 0.05) is 12.0 Å². The molecule has 0 radical (unpaired) electrons. The molecule has 0 heterocycles. The minimum atomic E-state index is -0.423. The molecule has 100 valence electrons. The number of nitrogens with two attached hydrogens (primary N) is 1. The Morgan fingerprint density at radius 2 is 2.17 bits per heavy atom. The minimum absolute atomic E-state index is 0.0239. The van der Waals surface area contributed by atoms with Crippen molar-refractivity contribution in [2.45, 2.75) is 26.8 Å². The highest BCUT2D eigenvalue weighted by Gasteiger charge is 2.26. The highest BCUT2D eigenvalue weighted by atomic mass is 16.5. The first kappa shape index (κ1) is 14.5. The van der Waals surface area contributed by atoms with E-state index in [2.05, 4.69) is 5.32 Å². The normalized spacial score (nSPS) is 11.1. The van der Waals surface area contributed by atoms with Gasteiger partial charge in [0.05, 0.1) is 7.11 Å². The number of hydrogen-bond donors (Lipinski definition) is 2. The zero-order valence-electron chi connectivity index (χ0n) is 11.3. The van der Waals surface area contributed by atoms with Gasteiger partial charge in [-0.15, -0.1) is 0 Å². The zero-order chi connectivity index (χ0) is 13.6. The standard InChI is InChI=1S/C14H22N2O2/c1-14(2,7-8-15)13(17)16-10-11-5-4-6-12(9-11)18-3/h4-6,9H,7-8,10,15H2,1-3H3,(H,16,17). The van der Waals surface area contributed by atoms with Crippen LogP contribution in [0, 0.1) is 5.41 Å². The lowest BCUT2D eigenvalue weighted by atomic mass is 9.88. The Labute approximate surface area is 109 Å². The average molecular weight is 250 g/mol. The number of ether oxygens (including phenoxy) is 1. The average Bonchev–Trinajstić information content (AvgIpc) is 2.36. The molecule has 0 atom stereocenters. The van der Waals surface area contributed by atoms with E-state index in [-0.39, 0.29) is 5.91 Å². The Hall–Kier alpha value is -1.55. The molecule has 0 aliphatic carbocycles. The number of rotatable bonds is 6. The molecule has 0 aliphatic rings. The van der Waals surface area contributed by atoms with E-state index in [0.29, 0.717) is 19.5 Å². The maximum atomic E-state index is 12.0. The van der Waals surface area contributed by atoms with Crippen molar-refractivity contribution in [1.29, 1.82) is 0 Å². The van der Waals surface area contributed by atoms with Crippen molar-refractivity contribution < 1.29 is 9.53 Å². The van der Waals surface area contributed by atoms with E-state index >= 15 is 0 Å². The molecule has 1 amide bonds. The zero-order valence-corrected chi connectivity index (χ0v) is 11.3. The third kappa shape index (κ3) is 4.04. The lowest BCUT2D eigenvalue weighted by Crippen LogP contribution is -2.37. The van der Waals surface area contributed by atoms with Crippen LogP contribution in [0.5, 0.6) is 5.75 Å². The van der Waals surface area contributed by atoms with Crippen molar-refractivity contribution >= 4 is 5.91 Å². The molecule has 0 bridgehead atoms. The predicted molar refractivity (Wildman–Crippen MR) is 72.3 cm³/mol. The van der Waals surface area contributed by atoms with Gasteiger partial charge in [-0.05, 0) is 30.7 Å².